The normalized spacial score (nSPS) is 21.8. The van der Waals surface area contributed by atoms with E-state index in [4.69, 9.17) is 0 Å². The molecule has 18 heavy (non-hydrogen) atoms. The van der Waals surface area contributed by atoms with Crippen molar-refractivity contribution >= 4 is 0 Å². The zero-order chi connectivity index (χ0) is 12.6. The molecule has 0 aliphatic heterocycles. The fourth-order valence-electron chi connectivity index (χ4n) is 2.80. The number of phenols is 1. The Morgan fingerprint density at radius 1 is 1.00 bits per heavy atom. The van der Waals surface area contributed by atoms with Gasteiger partial charge in [-0.05, 0) is 41.7 Å². The number of fused-ring (bicyclic) bond motifs is 1. The highest BCUT2D eigenvalue weighted by atomic mass is 16.3. The molecule has 0 heterocycles. The van der Waals surface area contributed by atoms with E-state index in [1.165, 1.54) is 5.56 Å². The second-order valence-corrected chi connectivity index (χ2v) is 5.03. The van der Waals surface area contributed by atoms with Crippen molar-refractivity contribution in [3.8, 4) is 5.75 Å². The summed E-state index contributed by atoms with van der Waals surface area (Å²) in [4.78, 5) is 0. The average molecular weight is 240 g/mol. The number of aliphatic hydroxyl groups is 1. The summed E-state index contributed by atoms with van der Waals surface area (Å²) in [6, 6.07) is 15.2. The minimum atomic E-state index is -0.756. The van der Waals surface area contributed by atoms with E-state index in [2.05, 4.69) is 6.07 Å². The van der Waals surface area contributed by atoms with Crippen molar-refractivity contribution in [3.63, 3.8) is 0 Å². The minimum Gasteiger partial charge on any atom is -0.508 e. The first kappa shape index (κ1) is 11.3. The Morgan fingerprint density at radius 2 is 1.72 bits per heavy atom. The van der Waals surface area contributed by atoms with Crippen molar-refractivity contribution in [2.24, 2.45) is 0 Å². The van der Waals surface area contributed by atoms with E-state index in [0.29, 0.717) is 6.42 Å². The SMILES string of the molecule is Oc1ccc(CC2(O)CCc3ccccc32)cc1. The first-order valence-electron chi connectivity index (χ1n) is 6.26. The van der Waals surface area contributed by atoms with Crippen LogP contribution >= 0.6 is 0 Å². The second-order valence-electron chi connectivity index (χ2n) is 5.03. The molecule has 1 aliphatic rings. The standard InChI is InChI=1S/C16H16O2/c17-14-7-5-12(6-8-14)11-16(18)10-9-13-3-1-2-4-15(13)16/h1-8,17-18H,9-11H2. The molecule has 2 nitrogen and oxygen atoms in total. The lowest BCUT2D eigenvalue weighted by Crippen LogP contribution is -2.25. The third-order valence-corrected chi connectivity index (χ3v) is 3.76. The van der Waals surface area contributed by atoms with Gasteiger partial charge in [0.15, 0.2) is 0 Å². The van der Waals surface area contributed by atoms with Crippen LogP contribution in [-0.4, -0.2) is 10.2 Å². The predicted molar refractivity (Wildman–Crippen MR) is 70.5 cm³/mol. The Bertz CT molecular complexity index is 560. The fourth-order valence-corrected chi connectivity index (χ4v) is 2.80. The van der Waals surface area contributed by atoms with Gasteiger partial charge in [-0.2, -0.15) is 0 Å². The Labute approximate surface area is 107 Å². The Morgan fingerprint density at radius 3 is 2.50 bits per heavy atom. The molecule has 3 rings (SSSR count). The topological polar surface area (TPSA) is 40.5 Å². The zero-order valence-corrected chi connectivity index (χ0v) is 10.1. The van der Waals surface area contributed by atoms with Crippen LogP contribution in [0.3, 0.4) is 0 Å². The quantitative estimate of drug-likeness (QED) is 0.847. The van der Waals surface area contributed by atoms with Crippen LogP contribution in [0.1, 0.15) is 23.1 Å². The van der Waals surface area contributed by atoms with Crippen molar-refractivity contribution in [2.75, 3.05) is 0 Å². The summed E-state index contributed by atoms with van der Waals surface area (Å²) in [6.45, 7) is 0. The van der Waals surface area contributed by atoms with E-state index in [1.807, 2.05) is 30.3 Å². The fraction of sp³-hybridized carbons (Fsp3) is 0.250. The van der Waals surface area contributed by atoms with Crippen LogP contribution in [0.2, 0.25) is 0 Å². The molecule has 0 amide bonds. The molecule has 1 unspecified atom stereocenters. The van der Waals surface area contributed by atoms with E-state index >= 15 is 0 Å². The lowest BCUT2D eigenvalue weighted by Gasteiger charge is -2.24. The second kappa shape index (κ2) is 4.14. The first-order valence-corrected chi connectivity index (χ1v) is 6.26. The van der Waals surface area contributed by atoms with Crippen LogP contribution in [0.5, 0.6) is 5.75 Å². The number of phenolic OH excluding ortho intramolecular Hbond substituents is 1. The van der Waals surface area contributed by atoms with Gasteiger partial charge in [0.25, 0.3) is 0 Å². The molecule has 0 saturated heterocycles. The van der Waals surface area contributed by atoms with Crippen molar-refractivity contribution in [1.82, 2.24) is 0 Å². The van der Waals surface area contributed by atoms with Gasteiger partial charge < -0.3 is 10.2 Å². The number of aryl methyl sites for hydroxylation is 1. The molecule has 0 fully saturated rings. The number of benzene rings is 2. The average Bonchev–Trinajstić information content (AvgIpc) is 2.71. The molecule has 1 aliphatic carbocycles. The van der Waals surface area contributed by atoms with Gasteiger partial charge in [0.2, 0.25) is 0 Å². The highest BCUT2D eigenvalue weighted by Gasteiger charge is 2.36. The number of rotatable bonds is 2. The van der Waals surface area contributed by atoms with Crippen LogP contribution in [0, 0.1) is 0 Å². The van der Waals surface area contributed by atoms with Crippen LogP contribution in [-0.2, 0) is 18.4 Å². The first-order chi connectivity index (χ1) is 8.67. The highest BCUT2D eigenvalue weighted by molar-refractivity contribution is 5.39. The summed E-state index contributed by atoms with van der Waals surface area (Å²) in [6.07, 6.45) is 2.31. The molecular weight excluding hydrogens is 224 g/mol. The van der Waals surface area contributed by atoms with Gasteiger partial charge in [-0.1, -0.05) is 36.4 Å². The smallest absolute Gasteiger partial charge is 0.115 e. The third-order valence-electron chi connectivity index (χ3n) is 3.76. The Kier molecular flexibility index (Phi) is 2.60. The number of hydrogen-bond donors (Lipinski definition) is 2. The maximum Gasteiger partial charge on any atom is 0.115 e. The molecule has 0 saturated carbocycles. The van der Waals surface area contributed by atoms with E-state index in [1.54, 1.807) is 12.1 Å². The molecule has 2 N–H and O–H groups in total. The third kappa shape index (κ3) is 1.89. The zero-order valence-electron chi connectivity index (χ0n) is 10.1. The van der Waals surface area contributed by atoms with E-state index in [9.17, 15) is 10.2 Å². The lowest BCUT2D eigenvalue weighted by atomic mass is 9.89. The van der Waals surface area contributed by atoms with E-state index < -0.39 is 5.60 Å². The van der Waals surface area contributed by atoms with Crippen LogP contribution in [0.25, 0.3) is 0 Å². The number of hydrogen-bond acceptors (Lipinski definition) is 2. The molecule has 92 valence electrons. The van der Waals surface area contributed by atoms with Crippen LogP contribution in [0.4, 0.5) is 0 Å². The summed E-state index contributed by atoms with van der Waals surface area (Å²) in [5, 5.41) is 20.1. The molecular formula is C16H16O2. The van der Waals surface area contributed by atoms with Crippen molar-refractivity contribution in [1.29, 1.82) is 0 Å². The molecule has 0 aromatic heterocycles. The number of aromatic hydroxyl groups is 1. The van der Waals surface area contributed by atoms with Gasteiger partial charge in [-0.15, -0.1) is 0 Å². The summed E-state index contributed by atoms with van der Waals surface area (Å²) in [5.74, 6) is 0.262. The van der Waals surface area contributed by atoms with Crippen molar-refractivity contribution in [3.05, 3.63) is 65.2 Å². The molecule has 0 radical (unpaired) electrons. The van der Waals surface area contributed by atoms with Gasteiger partial charge >= 0.3 is 0 Å². The predicted octanol–water partition coefficient (Wildman–Crippen LogP) is 2.77. The molecule has 2 aromatic rings. The summed E-state index contributed by atoms with van der Waals surface area (Å²) in [7, 11) is 0. The molecule has 2 heteroatoms. The van der Waals surface area contributed by atoms with Crippen molar-refractivity contribution < 1.29 is 10.2 Å². The molecule has 0 spiro atoms. The van der Waals surface area contributed by atoms with E-state index in [0.717, 1.165) is 24.0 Å². The molecule has 0 bridgehead atoms. The van der Waals surface area contributed by atoms with Gasteiger partial charge in [0.05, 0.1) is 5.60 Å². The van der Waals surface area contributed by atoms with Gasteiger partial charge in [-0.25, -0.2) is 0 Å². The van der Waals surface area contributed by atoms with Gasteiger partial charge in [0.1, 0.15) is 5.75 Å². The molecule has 2 aromatic carbocycles. The van der Waals surface area contributed by atoms with Gasteiger partial charge in [-0.3, -0.25) is 0 Å². The summed E-state index contributed by atoms with van der Waals surface area (Å²) >= 11 is 0. The van der Waals surface area contributed by atoms with Crippen LogP contribution in [0.15, 0.2) is 48.5 Å². The summed E-state index contributed by atoms with van der Waals surface area (Å²) < 4.78 is 0. The maximum absolute atomic E-state index is 10.8. The van der Waals surface area contributed by atoms with Crippen molar-refractivity contribution in [2.45, 2.75) is 24.9 Å². The minimum absolute atomic E-state index is 0.262. The maximum atomic E-state index is 10.8. The largest absolute Gasteiger partial charge is 0.508 e. The molecule has 1 atom stereocenters. The van der Waals surface area contributed by atoms with Crippen LogP contribution < -0.4 is 0 Å². The summed E-state index contributed by atoms with van der Waals surface area (Å²) in [5.41, 5.74) is 2.59. The Hall–Kier alpha value is -1.80. The Balaban J connectivity index is 1.91. The van der Waals surface area contributed by atoms with E-state index in [-0.39, 0.29) is 5.75 Å². The highest BCUT2D eigenvalue weighted by Crippen LogP contribution is 2.39. The van der Waals surface area contributed by atoms with Gasteiger partial charge in [0, 0.05) is 6.42 Å². The lowest BCUT2D eigenvalue weighted by molar-refractivity contribution is 0.0389. The monoisotopic (exact) mass is 240 g/mol.